The second-order valence-corrected chi connectivity index (χ2v) is 6.83. The summed E-state index contributed by atoms with van der Waals surface area (Å²) in [6.45, 7) is 1.16. The molecule has 2 heterocycles. The van der Waals surface area contributed by atoms with Gasteiger partial charge in [-0.05, 0) is 70.0 Å². The molecule has 2 aliphatic heterocycles. The number of nitrogens with zero attached hydrogens (tertiary/aromatic N) is 1. The molecule has 0 aromatic heterocycles. The molecule has 0 N–H and O–H groups in total. The van der Waals surface area contributed by atoms with Crippen molar-refractivity contribution >= 4 is 38.5 Å². The molecule has 3 rings (SSSR count). The Bertz CT molecular complexity index is 437. The van der Waals surface area contributed by atoms with E-state index in [4.69, 9.17) is 4.74 Å². The molecule has 0 bridgehead atoms. The van der Waals surface area contributed by atoms with Crippen LogP contribution in [-0.4, -0.2) is 36.7 Å². The first-order valence-corrected chi connectivity index (χ1v) is 7.82. The Morgan fingerprint density at radius 2 is 2.35 bits per heavy atom. The Morgan fingerprint density at radius 3 is 3.18 bits per heavy atom. The molecule has 0 amide bonds. The number of halogens is 2. The van der Waals surface area contributed by atoms with E-state index in [0.29, 0.717) is 18.2 Å². The second-order valence-electron chi connectivity index (χ2n) is 4.89. The number of fused-ring (bicyclic) bond motifs is 1. The maximum atomic E-state index is 5.75. The van der Waals surface area contributed by atoms with E-state index in [2.05, 4.69) is 68.7 Å². The van der Waals surface area contributed by atoms with Crippen LogP contribution in [0.25, 0.3) is 0 Å². The van der Waals surface area contributed by atoms with E-state index in [1.165, 1.54) is 20.0 Å². The van der Waals surface area contributed by atoms with Crippen molar-refractivity contribution in [3.8, 4) is 0 Å². The Balaban J connectivity index is 1.80. The van der Waals surface area contributed by atoms with E-state index in [9.17, 15) is 0 Å². The van der Waals surface area contributed by atoms with E-state index >= 15 is 0 Å². The standard InChI is InChI=1S/C13H15BrINO/c1-16-6-5-11-13(17-11)10(16)7-8-3-2-4-9(14)12(8)15/h2-4,10-11,13H,5-7H2,1H3. The van der Waals surface area contributed by atoms with Gasteiger partial charge in [0.2, 0.25) is 0 Å². The molecule has 1 aromatic rings. The van der Waals surface area contributed by atoms with E-state index < -0.39 is 0 Å². The van der Waals surface area contributed by atoms with Gasteiger partial charge in [0.25, 0.3) is 0 Å². The summed E-state index contributed by atoms with van der Waals surface area (Å²) in [5.74, 6) is 0. The minimum atomic E-state index is 0.475. The molecule has 2 aliphatic rings. The van der Waals surface area contributed by atoms with Gasteiger partial charge in [-0.3, -0.25) is 0 Å². The van der Waals surface area contributed by atoms with Crippen molar-refractivity contribution < 1.29 is 4.74 Å². The number of likely N-dealkylation sites (tertiary alicyclic amines) is 1. The third-order valence-corrected chi connectivity index (χ3v) is 6.47. The predicted molar refractivity (Wildman–Crippen MR) is 80.3 cm³/mol. The highest BCUT2D eigenvalue weighted by Gasteiger charge is 2.49. The summed E-state index contributed by atoms with van der Waals surface area (Å²) in [6.07, 6.45) is 3.31. The summed E-state index contributed by atoms with van der Waals surface area (Å²) in [6, 6.07) is 7.01. The largest absolute Gasteiger partial charge is 0.368 e. The highest BCUT2D eigenvalue weighted by Crippen LogP contribution is 2.37. The molecule has 2 nitrogen and oxygen atoms in total. The quantitative estimate of drug-likeness (QED) is 0.553. The molecule has 3 unspecified atom stereocenters. The molecule has 92 valence electrons. The minimum Gasteiger partial charge on any atom is -0.368 e. The number of hydrogen-bond donors (Lipinski definition) is 0. The minimum absolute atomic E-state index is 0.475. The molecule has 0 radical (unpaired) electrons. The summed E-state index contributed by atoms with van der Waals surface area (Å²) in [5, 5.41) is 0. The molecule has 2 saturated heterocycles. The lowest BCUT2D eigenvalue weighted by Gasteiger charge is -2.30. The fourth-order valence-corrected chi connectivity index (χ4v) is 3.67. The van der Waals surface area contributed by atoms with Gasteiger partial charge in [0.1, 0.15) is 0 Å². The Hall–Kier alpha value is 0.350. The first-order chi connectivity index (χ1) is 8.16. The van der Waals surface area contributed by atoms with Gasteiger partial charge in [0.15, 0.2) is 0 Å². The highest BCUT2D eigenvalue weighted by molar-refractivity contribution is 14.1. The van der Waals surface area contributed by atoms with Gasteiger partial charge in [-0.1, -0.05) is 12.1 Å². The van der Waals surface area contributed by atoms with Gasteiger partial charge >= 0.3 is 0 Å². The van der Waals surface area contributed by atoms with Crippen molar-refractivity contribution in [2.75, 3.05) is 13.6 Å². The average Bonchev–Trinajstić information content (AvgIpc) is 3.07. The van der Waals surface area contributed by atoms with Crippen LogP contribution in [-0.2, 0) is 11.2 Å². The number of ether oxygens (including phenoxy) is 1. The molecular formula is C13H15BrINO. The van der Waals surface area contributed by atoms with E-state index in [0.717, 1.165) is 13.0 Å². The van der Waals surface area contributed by atoms with Gasteiger partial charge in [-0.2, -0.15) is 0 Å². The van der Waals surface area contributed by atoms with E-state index in [1.54, 1.807) is 0 Å². The van der Waals surface area contributed by atoms with Crippen LogP contribution in [0.1, 0.15) is 12.0 Å². The van der Waals surface area contributed by atoms with Crippen LogP contribution in [0.3, 0.4) is 0 Å². The lowest BCUT2D eigenvalue weighted by Crippen LogP contribution is -2.43. The first kappa shape index (κ1) is 12.4. The molecular weight excluding hydrogens is 393 g/mol. The first-order valence-electron chi connectivity index (χ1n) is 5.95. The molecule has 17 heavy (non-hydrogen) atoms. The zero-order chi connectivity index (χ0) is 12.0. The lowest BCUT2D eigenvalue weighted by molar-refractivity contribution is 0.196. The van der Waals surface area contributed by atoms with Crippen molar-refractivity contribution in [1.82, 2.24) is 4.90 Å². The van der Waals surface area contributed by atoms with Crippen LogP contribution in [0, 0.1) is 3.57 Å². The summed E-state index contributed by atoms with van der Waals surface area (Å²) < 4.78 is 8.28. The summed E-state index contributed by atoms with van der Waals surface area (Å²) in [7, 11) is 2.22. The topological polar surface area (TPSA) is 15.8 Å². The van der Waals surface area contributed by atoms with E-state index in [-0.39, 0.29) is 0 Å². The second kappa shape index (κ2) is 4.79. The maximum Gasteiger partial charge on any atom is 0.1000 e. The number of epoxide rings is 1. The van der Waals surface area contributed by atoms with Gasteiger partial charge < -0.3 is 9.64 Å². The van der Waals surface area contributed by atoms with Crippen molar-refractivity contribution in [1.29, 1.82) is 0 Å². The normalized spacial score (nSPS) is 32.3. The summed E-state index contributed by atoms with van der Waals surface area (Å²) in [5.41, 5.74) is 1.42. The molecule has 2 fully saturated rings. The van der Waals surface area contributed by atoms with Crippen LogP contribution in [0.2, 0.25) is 0 Å². The summed E-state index contributed by atoms with van der Waals surface area (Å²) >= 11 is 6.02. The average molecular weight is 408 g/mol. The third kappa shape index (κ3) is 2.41. The smallest absolute Gasteiger partial charge is 0.1000 e. The van der Waals surface area contributed by atoms with Gasteiger partial charge in [0, 0.05) is 20.6 Å². The number of hydrogen-bond acceptors (Lipinski definition) is 2. The number of rotatable bonds is 2. The van der Waals surface area contributed by atoms with Gasteiger partial charge in [-0.15, -0.1) is 0 Å². The fraction of sp³-hybridized carbons (Fsp3) is 0.538. The van der Waals surface area contributed by atoms with Crippen LogP contribution in [0.5, 0.6) is 0 Å². The Labute approximate surface area is 124 Å². The molecule has 1 aromatic carbocycles. The van der Waals surface area contributed by atoms with Crippen LogP contribution < -0.4 is 0 Å². The Morgan fingerprint density at radius 1 is 1.53 bits per heavy atom. The van der Waals surface area contributed by atoms with Crippen molar-refractivity contribution in [2.45, 2.75) is 31.1 Å². The summed E-state index contributed by atoms with van der Waals surface area (Å²) in [4.78, 5) is 2.45. The predicted octanol–water partition coefficient (Wildman–Crippen LogP) is 3.07. The van der Waals surface area contributed by atoms with E-state index in [1.807, 2.05) is 0 Å². The van der Waals surface area contributed by atoms with Crippen molar-refractivity contribution in [3.63, 3.8) is 0 Å². The molecule has 0 saturated carbocycles. The Kier molecular flexibility index (Phi) is 3.49. The maximum absolute atomic E-state index is 5.75. The highest BCUT2D eigenvalue weighted by atomic mass is 127. The molecule has 0 aliphatic carbocycles. The molecule has 4 heteroatoms. The zero-order valence-electron chi connectivity index (χ0n) is 9.70. The van der Waals surface area contributed by atoms with Gasteiger partial charge in [0.05, 0.1) is 12.2 Å². The fourth-order valence-electron chi connectivity index (χ4n) is 2.68. The number of piperidine rings is 1. The van der Waals surface area contributed by atoms with Crippen LogP contribution in [0.15, 0.2) is 22.7 Å². The zero-order valence-corrected chi connectivity index (χ0v) is 13.4. The van der Waals surface area contributed by atoms with Crippen molar-refractivity contribution in [2.24, 2.45) is 0 Å². The third-order valence-electron chi connectivity index (χ3n) is 3.79. The lowest BCUT2D eigenvalue weighted by atomic mass is 9.96. The van der Waals surface area contributed by atoms with Crippen LogP contribution >= 0.6 is 38.5 Å². The van der Waals surface area contributed by atoms with Crippen molar-refractivity contribution in [3.05, 3.63) is 31.8 Å². The molecule has 3 atom stereocenters. The number of benzene rings is 1. The number of likely N-dealkylation sites (N-methyl/N-ethyl adjacent to an activating group) is 1. The molecule has 0 spiro atoms. The SMILES string of the molecule is CN1CCC2OC2C1Cc1cccc(Br)c1I. The monoisotopic (exact) mass is 407 g/mol. The van der Waals surface area contributed by atoms with Gasteiger partial charge in [-0.25, -0.2) is 0 Å². The van der Waals surface area contributed by atoms with Crippen LogP contribution in [0.4, 0.5) is 0 Å².